The number of aromatic carboxylic acids is 1. The number of carboxylic acid groups (broad SMARTS) is 1. The van der Waals surface area contributed by atoms with Gasteiger partial charge in [-0.15, -0.1) is 0 Å². The van der Waals surface area contributed by atoms with Crippen LogP contribution in [-0.4, -0.2) is 27.1 Å². The predicted molar refractivity (Wildman–Crippen MR) is 74.2 cm³/mol. The Morgan fingerprint density at radius 1 is 1.41 bits per heavy atom. The molecule has 0 unspecified atom stereocenters. The van der Waals surface area contributed by atoms with Gasteiger partial charge in [0.15, 0.2) is 5.69 Å². The summed E-state index contributed by atoms with van der Waals surface area (Å²) < 4.78 is 6.58. The van der Waals surface area contributed by atoms with Gasteiger partial charge in [-0.25, -0.2) is 9.78 Å². The quantitative estimate of drug-likeness (QED) is 0.467. The molecule has 1 aromatic rings. The molecule has 1 aromatic heterocycles. The third-order valence-corrected chi connectivity index (χ3v) is 3.06. The number of pyridine rings is 1. The molecule has 0 atom stereocenters. The molecule has 0 fully saturated rings. The minimum atomic E-state index is -1.02. The minimum Gasteiger partial charge on any atom is -0.478 e. The number of carboxylic acids is 1. The molecule has 0 saturated heterocycles. The lowest BCUT2D eigenvalue weighted by atomic mass is 10.2. The van der Waals surface area contributed by atoms with E-state index in [0.29, 0.717) is 18.1 Å². The van der Waals surface area contributed by atoms with Crippen molar-refractivity contribution in [3.8, 4) is 5.88 Å². The van der Waals surface area contributed by atoms with Crippen LogP contribution in [0.25, 0.3) is 0 Å². The van der Waals surface area contributed by atoms with Gasteiger partial charge in [0.2, 0.25) is 5.88 Å². The van der Waals surface area contributed by atoms with Crippen molar-refractivity contribution in [2.45, 2.75) is 26.2 Å². The predicted octanol–water partition coefficient (Wildman–Crippen LogP) is 3.07. The maximum atomic E-state index is 10.9. The summed E-state index contributed by atoms with van der Waals surface area (Å²) in [7, 11) is 0. The van der Waals surface area contributed by atoms with E-state index in [1.165, 1.54) is 6.42 Å². The number of aryl methyl sites for hydroxylation is 1. The number of nitrogens with zero attached hydrogens (tertiary/aromatic N) is 1. The number of halogens is 1. The normalized spacial score (nSPS) is 10.2. The van der Waals surface area contributed by atoms with E-state index in [4.69, 9.17) is 9.84 Å². The van der Waals surface area contributed by atoms with Gasteiger partial charge >= 0.3 is 5.97 Å². The second kappa shape index (κ2) is 7.47. The summed E-state index contributed by atoms with van der Waals surface area (Å²) in [6, 6.07) is 3.43. The first kappa shape index (κ1) is 14.2. The smallest absolute Gasteiger partial charge is 0.354 e. The summed E-state index contributed by atoms with van der Waals surface area (Å²) in [5.74, 6) is -0.625. The van der Waals surface area contributed by atoms with Crippen molar-refractivity contribution in [1.29, 1.82) is 0 Å². The summed E-state index contributed by atoms with van der Waals surface area (Å²) in [5, 5.41) is 8.91. The number of hydrogen-bond acceptors (Lipinski definition) is 3. The SMILES string of the molecule is Cc1ccc(OCCCCCI)nc1C(=O)O. The van der Waals surface area contributed by atoms with Crippen LogP contribution in [0.4, 0.5) is 0 Å². The number of aromatic nitrogens is 1. The van der Waals surface area contributed by atoms with Crippen LogP contribution in [0.2, 0.25) is 0 Å². The average molecular weight is 349 g/mol. The van der Waals surface area contributed by atoms with Gasteiger partial charge in [-0.1, -0.05) is 28.7 Å². The molecule has 0 aliphatic carbocycles. The first-order valence-corrected chi connectivity index (χ1v) is 7.07. The van der Waals surface area contributed by atoms with Crippen LogP contribution in [0, 0.1) is 6.92 Å². The van der Waals surface area contributed by atoms with Crippen LogP contribution in [0.15, 0.2) is 12.1 Å². The third-order valence-electron chi connectivity index (χ3n) is 2.30. The van der Waals surface area contributed by atoms with Gasteiger partial charge in [0.1, 0.15) is 0 Å². The van der Waals surface area contributed by atoms with Crippen molar-refractivity contribution < 1.29 is 14.6 Å². The van der Waals surface area contributed by atoms with Crippen LogP contribution in [0.1, 0.15) is 35.3 Å². The lowest BCUT2D eigenvalue weighted by Crippen LogP contribution is -2.06. The summed E-state index contributed by atoms with van der Waals surface area (Å²) in [6.07, 6.45) is 3.28. The van der Waals surface area contributed by atoms with Gasteiger partial charge in [0, 0.05) is 6.07 Å². The molecule has 0 spiro atoms. The van der Waals surface area contributed by atoms with Crippen LogP contribution >= 0.6 is 22.6 Å². The molecule has 1 N–H and O–H groups in total. The first-order valence-electron chi connectivity index (χ1n) is 5.55. The van der Waals surface area contributed by atoms with Gasteiger partial charge in [0.25, 0.3) is 0 Å². The molecule has 0 saturated carbocycles. The molecule has 4 nitrogen and oxygen atoms in total. The fourth-order valence-corrected chi connectivity index (χ4v) is 1.90. The number of unbranched alkanes of at least 4 members (excludes halogenated alkanes) is 2. The Morgan fingerprint density at radius 3 is 2.82 bits per heavy atom. The molecular formula is C12H16INO3. The van der Waals surface area contributed by atoms with E-state index in [2.05, 4.69) is 27.6 Å². The van der Waals surface area contributed by atoms with Crippen LogP contribution in [-0.2, 0) is 0 Å². The standard InChI is InChI=1S/C12H16INO3/c1-9-5-6-10(14-11(9)12(15)16)17-8-4-2-3-7-13/h5-6H,2-4,7-8H2,1H3,(H,15,16). The molecule has 0 radical (unpaired) electrons. The molecule has 1 heterocycles. The Balaban J connectivity index is 2.49. The Kier molecular flexibility index (Phi) is 6.25. The summed E-state index contributed by atoms with van der Waals surface area (Å²) in [4.78, 5) is 14.8. The highest BCUT2D eigenvalue weighted by Gasteiger charge is 2.10. The fraction of sp³-hybridized carbons (Fsp3) is 0.500. The second-order valence-corrected chi connectivity index (χ2v) is 4.80. The monoisotopic (exact) mass is 349 g/mol. The van der Waals surface area contributed by atoms with Crippen molar-refractivity contribution in [2.75, 3.05) is 11.0 Å². The number of ether oxygens (including phenoxy) is 1. The molecule has 0 amide bonds. The maximum absolute atomic E-state index is 10.9. The third kappa shape index (κ3) is 4.89. The molecule has 0 aliphatic rings. The number of alkyl halides is 1. The summed E-state index contributed by atoms with van der Waals surface area (Å²) >= 11 is 2.35. The van der Waals surface area contributed by atoms with Crippen LogP contribution in [0.5, 0.6) is 5.88 Å². The molecule has 94 valence electrons. The molecular weight excluding hydrogens is 333 g/mol. The molecule has 0 aliphatic heterocycles. The highest BCUT2D eigenvalue weighted by atomic mass is 127. The topological polar surface area (TPSA) is 59.4 Å². The second-order valence-electron chi connectivity index (χ2n) is 3.72. The van der Waals surface area contributed by atoms with Gasteiger partial charge in [-0.05, 0) is 36.2 Å². The van der Waals surface area contributed by atoms with E-state index in [1.807, 2.05) is 0 Å². The largest absolute Gasteiger partial charge is 0.478 e. The van der Waals surface area contributed by atoms with E-state index in [1.54, 1.807) is 19.1 Å². The molecule has 17 heavy (non-hydrogen) atoms. The van der Waals surface area contributed by atoms with E-state index < -0.39 is 5.97 Å². The summed E-state index contributed by atoms with van der Waals surface area (Å²) in [6.45, 7) is 2.31. The molecule has 5 heteroatoms. The highest BCUT2D eigenvalue weighted by Crippen LogP contribution is 2.13. The van der Waals surface area contributed by atoms with E-state index >= 15 is 0 Å². The maximum Gasteiger partial charge on any atom is 0.354 e. The van der Waals surface area contributed by atoms with Gasteiger partial charge in [0.05, 0.1) is 6.61 Å². The van der Waals surface area contributed by atoms with Gasteiger partial charge < -0.3 is 9.84 Å². The lowest BCUT2D eigenvalue weighted by Gasteiger charge is -2.06. The molecule has 0 bridgehead atoms. The minimum absolute atomic E-state index is 0.0646. The van der Waals surface area contributed by atoms with Gasteiger partial charge in [-0.2, -0.15) is 0 Å². The molecule has 0 aromatic carbocycles. The van der Waals surface area contributed by atoms with Crippen LogP contribution in [0.3, 0.4) is 0 Å². The molecule has 1 rings (SSSR count). The van der Waals surface area contributed by atoms with Crippen LogP contribution < -0.4 is 4.74 Å². The summed E-state index contributed by atoms with van der Waals surface area (Å²) in [5.41, 5.74) is 0.713. The van der Waals surface area contributed by atoms with E-state index in [9.17, 15) is 4.79 Å². The zero-order valence-electron chi connectivity index (χ0n) is 9.78. The number of rotatable bonds is 7. The Morgan fingerprint density at radius 2 is 2.18 bits per heavy atom. The zero-order valence-corrected chi connectivity index (χ0v) is 11.9. The van der Waals surface area contributed by atoms with E-state index in [0.717, 1.165) is 17.3 Å². The average Bonchev–Trinajstić information content (AvgIpc) is 2.30. The fourth-order valence-electron chi connectivity index (χ4n) is 1.36. The van der Waals surface area contributed by atoms with Gasteiger partial charge in [-0.3, -0.25) is 0 Å². The Labute approximate surface area is 115 Å². The van der Waals surface area contributed by atoms with E-state index in [-0.39, 0.29) is 5.69 Å². The zero-order chi connectivity index (χ0) is 12.7. The lowest BCUT2D eigenvalue weighted by molar-refractivity contribution is 0.0688. The van der Waals surface area contributed by atoms with Crippen molar-refractivity contribution in [3.05, 3.63) is 23.4 Å². The first-order chi connectivity index (χ1) is 8.15. The highest BCUT2D eigenvalue weighted by molar-refractivity contribution is 14.1. The van der Waals surface area contributed by atoms with Crippen molar-refractivity contribution >= 4 is 28.6 Å². The van der Waals surface area contributed by atoms with Crippen molar-refractivity contribution in [3.63, 3.8) is 0 Å². The number of carbonyl (C=O) groups is 1. The Hall–Kier alpha value is -0.850. The van der Waals surface area contributed by atoms with Crippen molar-refractivity contribution in [2.24, 2.45) is 0 Å². The number of hydrogen-bond donors (Lipinski definition) is 1. The van der Waals surface area contributed by atoms with Crippen molar-refractivity contribution in [1.82, 2.24) is 4.98 Å². The Bertz CT molecular complexity index is 382.